The number of thiocarbonyl (C=S) groups is 1. The average molecular weight is 296 g/mol. The average Bonchev–Trinajstić information content (AvgIpc) is 2.40. The molecule has 0 aliphatic carbocycles. The molecule has 0 radical (unpaired) electrons. The lowest BCUT2D eigenvalue weighted by molar-refractivity contribution is -0.116. The fourth-order valence-corrected chi connectivity index (χ4v) is 2.00. The Hall–Kier alpha value is -1.49. The molecule has 0 atom stereocenters. The number of halogens is 1. The van der Waals surface area contributed by atoms with Gasteiger partial charge in [-0.15, -0.1) is 0 Å². The highest BCUT2D eigenvalue weighted by molar-refractivity contribution is 7.80. The first-order valence-electron chi connectivity index (χ1n) is 6.93. The zero-order chi connectivity index (χ0) is 15.0. The number of amides is 1. The van der Waals surface area contributed by atoms with Gasteiger partial charge in [-0.05, 0) is 24.6 Å². The Morgan fingerprint density at radius 2 is 2.00 bits per heavy atom. The van der Waals surface area contributed by atoms with E-state index in [1.807, 2.05) is 0 Å². The van der Waals surface area contributed by atoms with Crippen molar-refractivity contribution in [3.8, 4) is 0 Å². The van der Waals surface area contributed by atoms with Crippen LogP contribution >= 0.6 is 12.2 Å². The summed E-state index contributed by atoms with van der Waals surface area (Å²) in [6, 6.07) is 4.32. The van der Waals surface area contributed by atoms with Crippen molar-refractivity contribution in [2.45, 2.75) is 45.4 Å². The van der Waals surface area contributed by atoms with Crippen molar-refractivity contribution in [2.24, 2.45) is 5.73 Å². The van der Waals surface area contributed by atoms with E-state index >= 15 is 0 Å². The quantitative estimate of drug-likeness (QED) is 0.567. The van der Waals surface area contributed by atoms with E-state index in [2.05, 4.69) is 12.2 Å². The van der Waals surface area contributed by atoms with Crippen molar-refractivity contribution in [3.05, 3.63) is 29.6 Å². The van der Waals surface area contributed by atoms with Gasteiger partial charge in [0.1, 0.15) is 10.8 Å². The third kappa shape index (κ3) is 5.65. The van der Waals surface area contributed by atoms with E-state index in [4.69, 9.17) is 18.0 Å². The highest BCUT2D eigenvalue weighted by Crippen LogP contribution is 2.16. The van der Waals surface area contributed by atoms with Crippen LogP contribution in [0.2, 0.25) is 0 Å². The molecule has 0 spiro atoms. The second-order valence-electron chi connectivity index (χ2n) is 4.77. The Morgan fingerprint density at radius 1 is 1.30 bits per heavy atom. The third-order valence-electron chi connectivity index (χ3n) is 3.04. The molecule has 3 N–H and O–H groups in total. The van der Waals surface area contributed by atoms with Crippen LogP contribution in [0.5, 0.6) is 0 Å². The van der Waals surface area contributed by atoms with Gasteiger partial charge < -0.3 is 11.1 Å². The van der Waals surface area contributed by atoms with Crippen molar-refractivity contribution in [2.75, 3.05) is 5.32 Å². The lowest BCUT2D eigenvalue weighted by Crippen LogP contribution is -2.14. The van der Waals surface area contributed by atoms with Crippen molar-refractivity contribution >= 4 is 28.8 Å². The van der Waals surface area contributed by atoms with Crippen LogP contribution in [0.15, 0.2) is 18.2 Å². The Bertz CT molecular complexity index is 477. The fourth-order valence-electron chi connectivity index (χ4n) is 1.87. The van der Waals surface area contributed by atoms with E-state index < -0.39 is 5.82 Å². The van der Waals surface area contributed by atoms with Crippen molar-refractivity contribution in [3.63, 3.8) is 0 Å². The molecule has 20 heavy (non-hydrogen) atoms. The number of unbranched alkanes of at least 4 members (excludes halogenated alkanes) is 4. The lowest BCUT2D eigenvalue weighted by Gasteiger charge is -2.07. The summed E-state index contributed by atoms with van der Waals surface area (Å²) in [5.74, 6) is -0.682. The number of anilines is 1. The molecular formula is C15H21FN2OS. The number of nitrogens with two attached hydrogens (primary N) is 1. The van der Waals surface area contributed by atoms with Crippen LogP contribution in [0.3, 0.4) is 0 Å². The molecule has 5 heteroatoms. The van der Waals surface area contributed by atoms with Gasteiger partial charge in [0, 0.05) is 12.0 Å². The van der Waals surface area contributed by atoms with Crippen LogP contribution in [-0.2, 0) is 4.79 Å². The molecule has 1 aromatic carbocycles. The predicted molar refractivity (Wildman–Crippen MR) is 84.3 cm³/mol. The zero-order valence-corrected chi connectivity index (χ0v) is 12.6. The van der Waals surface area contributed by atoms with E-state index in [-0.39, 0.29) is 16.6 Å². The van der Waals surface area contributed by atoms with E-state index in [0.29, 0.717) is 12.0 Å². The molecule has 0 saturated carbocycles. The van der Waals surface area contributed by atoms with Gasteiger partial charge in [-0.3, -0.25) is 4.79 Å². The molecule has 110 valence electrons. The maximum atomic E-state index is 13.7. The summed E-state index contributed by atoms with van der Waals surface area (Å²) < 4.78 is 13.7. The van der Waals surface area contributed by atoms with E-state index in [9.17, 15) is 9.18 Å². The summed E-state index contributed by atoms with van der Waals surface area (Å²) in [6.45, 7) is 2.15. The van der Waals surface area contributed by atoms with Crippen LogP contribution in [0.1, 0.15) is 51.0 Å². The van der Waals surface area contributed by atoms with Gasteiger partial charge in [0.05, 0.1) is 5.69 Å². The van der Waals surface area contributed by atoms with Gasteiger partial charge >= 0.3 is 0 Å². The first-order chi connectivity index (χ1) is 9.54. The molecule has 0 aliphatic heterocycles. The predicted octanol–water partition coefficient (Wildman–Crippen LogP) is 3.76. The second kappa shape index (κ2) is 8.64. The first-order valence-corrected chi connectivity index (χ1v) is 7.34. The van der Waals surface area contributed by atoms with Gasteiger partial charge in [-0.1, -0.05) is 44.8 Å². The highest BCUT2D eigenvalue weighted by atomic mass is 32.1. The van der Waals surface area contributed by atoms with E-state index in [1.54, 1.807) is 6.07 Å². The molecule has 1 rings (SSSR count). The monoisotopic (exact) mass is 296 g/mol. The molecule has 3 nitrogen and oxygen atoms in total. The minimum absolute atomic E-state index is 0.137. The molecule has 1 amide bonds. The minimum Gasteiger partial charge on any atom is -0.389 e. The lowest BCUT2D eigenvalue weighted by atomic mass is 10.1. The molecule has 0 fully saturated rings. The number of benzene rings is 1. The topological polar surface area (TPSA) is 55.1 Å². The molecule has 0 aromatic heterocycles. The normalized spacial score (nSPS) is 10.3. The van der Waals surface area contributed by atoms with Gasteiger partial charge in [-0.25, -0.2) is 4.39 Å². The number of carbonyl (C=O) groups excluding carboxylic acids is 1. The van der Waals surface area contributed by atoms with Crippen LogP contribution in [0.4, 0.5) is 10.1 Å². The maximum Gasteiger partial charge on any atom is 0.224 e. The fraction of sp³-hybridized carbons (Fsp3) is 0.467. The molecule has 0 heterocycles. The SMILES string of the molecule is CCCCCCCC(=O)Nc1ccc(C(N)=S)cc1F. The van der Waals surface area contributed by atoms with Gasteiger partial charge in [0.2, 0.25) is 5.91 Å². The van der Waals surface area contributed by atoms with Crippen LogP contribution < -0.4 is 11.1 Å². The first kappa shape index (κ1) is 16.6. The van der Waals surface area contributed by atoms with Gasteiger partial charge in [-0.2, -0.15) is 0 Å². The van der Waals surface area contributed by atoms with Crippen LogP contribution in [0.25, 0.3) is 0 Å². The number of carbonyl (C=O) groups is 1. The Kier molecular flexibility index (Phi) is 7.15. The summed E-state index contributed by atoms with van der Waals surface area (Å²) in [4.78, 5) is 11.8. The molecule has 0 aliphatic rings. The summed E-state index contributed by atoms with van der Waals surface area (Å²) in [6.07, 6.45) is 5.78. The van der Waals surface area contributed by atoms with Gasteiger partial charge in [0.15, 0.2) is 0 Å². The number of hydrogen-bond acceptors (Lipinski definition) is 2. The minimum atomic E-state index is -0.519. The molecule has 0 unspecified atom stereocenters. The smallest absolute Gasteiger partial charge is 0.224 e. The van der Waals surface area contributed by atoms with Crippen molar-refractivity contribution in [1.82, 2.24) is 0 Å². The number of nitrogens with one attached hydrogen (secondary N) is 1. The summed E-state index contributed by atoms with van der Waals surface area (Å²) in [5, 5.41) is 2.57. The molecular weight excluding hydrogens is 275 g/mol. The number of rotatable bonds is 8. The van der Waals surface area contributed by atoms with Gasteiger partial charge in [0.25, 0.3) is 0 Å². The standard InChI is InChI=1S/C15H21FN2OS/c1-2-3-4-5-6-7-14(19)18-13-9-8-11(15(17)20)10-12(13)16/h8-10H,2-7H2,1H3,(H2,17,20)(H,18,19). The largest absolute Gasteiger partial charge is 0.389 e. The highest BCUT2D eigenvalue weighted by Gasteiger charge is 2.08. The summed E-state index contributed by atoms with van der Waals surface area (Å²) in [7, 11) is 0. The Balaban J connectivity index is 2.44. The zero-order valence-electron chi connectivity index (χ0n) is 11.7. The van der Waals surface area contributed by atoms with Crippen molar-refractivity contribution < 1.29 is 9.18 Å². The summed E-state index contributed by atoms with van der Waals surface area (Å²) >= 11 is 4.77. The molecule has 0 bridgehead atoms. The third-order valence-corrected chi connectivity index (χ3v) is 3.27. The molecule has 0 saturated heterocycles. The Labute approximate surface area is 124 Å². The maximum absolute atomic E-state index is 13.7. The van der Waals surface area contributed by atoms with Crippen LogP contribution in [-0.4, -0.2) is 10.9 Å². The molecule has 1 aromatic rings. The van der Waals surface area contributed by atoms with Crippen LogP contribution in [0, 0.1) is 5.82 Å². The number of hydrogen-bond donors (Lipinski definition) is 2. The van der Waals surface area contributed by atoms with E-state index in [0.717, 1.165) is 19.3 Å². The van der Waals surface area contributed by atoms with E-state index in [1.165, 1.54) is 25.0 Å². The second-order valence-corrected chi connectivity index (χ2v) is 5.21. The van der Waals surface area contributed by atoms with Crippen molar-refractivity contribution in [1.29, 1.82) is 0 Å². The summed E-state index contributed by atoms with van der Waals surface area (Å²) in [5.41, 5.74) is 6.04. The Morgan fingerprint density at radius 3 is 2.60 bits per heavy atom.